The lowest BCUT2D eigenvalue weighted by atomic mass is 9.98. The third-order valence-corrected chi connectivity index (χ3v) is 6.81. The van der Waals surface area contributed by atoms with Crippen LogP contribution in [-0.2, 0) is 22.6 Å². The second-order valence-electron chi connectivity index (χ2n) is 9.92. The molecular weight excluding hydrogens is 464 g/mol. The van der Waals surface area contributed by atoms with Crippen molar-refractivity contribution in [1.82, 2.24) is 30.2 Å². The molecule has 0 radical (unpaired) electrons. The minimum atomic E-state index is -0.842. The smallest absolute Gasteiger partial charge is 0.247 e. The molecule has 0 saturated carbocycles. The summed E-state index contributed by atoms with van der Waals surface area (Å²) in [7, 11) is 0. The zero-order valence-corrected chi connectivity index (χ0v) is 21.9. The van der Waals surface area contributed by atoms with Crippen LogP contribution in [0, 0.1) is 6.92 Å². The van der Waals surface area contributed by atoms with Gasteiger partial charge in [0.2, 0.25) is 11.8 Å². The monoisotopic (exact) mass is 498 g/mol. The molecule has 2 heterocycles. The molecule has 1 unspecified atom stereocenters. The summed E-state index contributed by atoms with van der Waals surface area (Å²) in [5.41, 5.74) is 3.99. The number of aryl methyl sites for hydroxylation is 1. The largest absolute Gasteiger partial charge is 0.349 e. The number of pyridine rings is 1. The summed E-state index contributed by atoms with van der Waals surface area (Å²) in [5, 5.41) is 11.5. The van der Waals surface area contributed by atoms with Crippen LogP contribution in [0.4, 0.5) is 0 Å². The Morgan fingerprint density at radius 3 is 2.54 bits per heavy atom. The van der Waals surface area contributed by atoms with Gasteiger partial charge < -0.3 is 10.2 Å². The van der Waals surface area contributed by atoms with Crippen LogP contribution in [0.15, 0.2) is 73.1 Å². The molecule has 2 aromatic heterocycles. The minimum Gasteiger partial charge on any atom is -0.349 e. The highest BCUT2D eigenvalue weighted by Crippen LogP contribution is 2.24. The molecular formula is C29H34N6O2. The SMILES string of the molecule is CCC(C)(C)NC(=O)C(c1cccnc1)N(CCc1ccccc1C)C(=O)Cn1nnc2ccccc21. The zero-order chi connectivity index (χ0) is 26.4. The number of hydrogen-bond acceptors (Lipinski definition) is 5. The highest BCUT2D eigenvalue weighted by atomic mass is 16.2. The van der Waals surface area contributed by atoms with Crippen molar-refractivity contribution < 1.29 is 9.59 Å². The van der Waals surface area contributed by atoms with E-state index in [9.17, 15) is 9.59 Å². The van der Waals surface area contributed by atoms with E-state index in [0.717, 1.165) is 23.1 Å². The Balaban J connectivity index is 1.71. The molecule has 0 saturated heterocycles. The molecule has 1 N–H and O–H groups in total. The molecule has 0 fully saturated rings. The van der Waals surface area contributed by atoms with Gasteiger partial charge in [0.1, 0.15) is 18.1 Å². The number of carbonyl (C=O) groups is 2. The molecule has 0 aliphatic heterocycles. The summed E-state index contributed by atoms with van der Waals surface area (Å²) >= 11 is 0. The number of amides is 2. The van der Waals surface area contributed by atoms with Crippen molar-refractivity contribution in [2.24, 2.45) is 0 Å². The molecule has 2 amide bonds. The van der Waals surface area contributed by atoms with Crippen LogP contribution in [-0.4, -0.2) is 48.8 Å². The summed E-state index contributed by atoms with van der Waals surface area (Å²) in [5.74, 6) is -0.455. The average molecular weight is 499 g/mol. The molecule has 8 heteroatoms. The fourth-order valence-corrected chi connectivity index (χ4v) is 4.28. The van der Waals surface area contributed by atoms with Crippen molar-refractivity contribution in [2.45, 2.75) is 58.7 Å². The number of para-hydroxylation sites is 1. The fourth-order valence-electron chi connectivity index (χ4n) is 4.28. The second-order valence-corrected chi connectivity index (χ2v) is 9.92. The Labute approximate surface area is 217 Å². The van der Waals surface area contributed by atoms with Gasteiger partial charge in [0, 0.05) is 30.0 Å². The van der Waals surface area contributed by atoms with E-state index in [1.54, 1.807) is 28.0 Å². The first-order valence-corrected chi connectivity index (χ1v) is 12.6. The highest BCUT2D eigenvalue weighted by Gasteiger charge is 2.34. The fraction of sp³-hybridized carbons (Fsp3) is 0.345. The molecule has 37 heavy (non-hydrogen) atoms. The Kier molecular flexibility index (Phi) is 7.96. The van der Waals surface area contributed by atoms with E-state index in [4.69, 9.17) is 0 Å². The van der Waals surface area contributed by atoms with Gasteiger partial charge in [-0.25, -0.2) is 4.68 Å². The van der Waals surface area contributed by atoms with Crippen molar-refractivity contribution in [3.05, 3.63) is 89.7 Å². The molecule has 2 aromatic carbocycles. The van der Waals surface area contributed by atoms with Crippen molar-refractivity contribution >= 4 is 22.8 Å². The zero-order valence-electron chi connectivity index (χ0n) is 21.9. The number of carbonyl (C=O) groups excluding carboxylic acids is 2. The van der Waals surface area contributed by atoms with Crippen LogP contribution in [0.3, 0.4) is 0 Å². The van der Waals surface area contributed by atoms with E-state index in [1.807, 2.05) is 63.2 Å². The third kappa shape index (κ3) is 6.20. The first-order valence-electron chi connectivity index (χ1n) is 12.6. The first-order chi connectivity index (χ1) is 17.8. The normalized spacial score (nSPS) is 12.3. The van der Waals surface area contributed by atoms with E-state index in [2.05, 4.69) is 39.7 Å². The number of nitrogens with one attached hydrogen (secondary N) is 1. The molecule has 1 atom stereocenters. The van der Waals surface area contributed by atoms with Gasteiger partial charge in [-0.3, -0.25) is 14.6 Å². The average Bonchev–Trinajstić information content (AvgIpc) is 3.30. The van der Waals surface area contributed by atoms with Crippen molar-refractivity contribution in [2.75, 3.05) is 6.54 Å². The molecule has 0 aliphatic rings. The van der Waals surface area contributed by atoms with E-state index in [-0.39, 0.29) is 18.4 Å². The molecule has 0 aliphatic carbocycles. The third-order valence-electron chi connectivity index (χ3n) is 6.81. The maximum atomic E-state index is 14.0. The van der Waals surface area contributed by atoms with Gasteiger partial charge in [0.05, 0.1) is 5.52 Å². The molecule has 0 spiro atoms. The van der Waals surface area contributed by atoms with Gasteiger partial charge in [-0.05, 0) is 62.9 Å². The number of hydrogen-bond donors (Lipinski definition) is 1. The maximum Gasteiger partial charge on any atom is 0.247 e. The van der Waals surface area contributed by atoms with Crippen LogP contribution >= 0.6 is 0 Å². The maximum absolute atomic E-state index is 14.0. The van der Waals surface area contributed by atoms with E-state index in [0.29, 0.717) is 24.0 Å². The molecule has 8 nitrogen and oxygen atoms in total. The van der Waals surface area contributed by atoms with E-state index >= 15 is 0 Å². The Morgan fingerprint density at radius 1 is 1.05 bits per heavy atom. The Morgan fingerprint density at radius 2 is 1.81 bits per heavy atom. The van der Waals surface area contributed by atoms with Crippen LogP contribution in [0.2, 0.25) is 0 Å². The topological polar surface area (TPSA) is 93.0 Å². The lowest BCUT2D eigenvalue weighted by Crippen LogP contribution is -2.51. The first kappa shape index (κ1) is 26.0. The van der Waals surface area contributed by atoms with Crippen molar-refractivity contribution in [3.8, 4) is 0 Å². The number of nitrogens with zero attached hydrogens (tertiary/aromatic N) is 5. The number of rotatable bonds is 10. The summed E-state index contributed by atoms with van der Waals surface area (Å²) in [6.45, 7) is 8.36. The summed E-state index contributed by atoms with van der Waals surface area (Å²) in [6.07, 6.45) is 4.68. The second kappa shape index (κ2) is 11.3. The molecule has 4 aromatic rings. The Bertz CT molecular complexity index is 1370. The van der Waals surface area contributed by atoms with Crippen LogP contribution in [0.25, 0.3) is 11.0 Å². The highest BCUT2D eigenvalue weighted by molar-refractivity contribution is 5.89. The minimum absolute atomic E-state index is 0.0322. The van der Waals surface area contributed by atoms with Gasteiger partial charge in [0.15, 0.2) is 0 Å². The van der Waals surface area contributed by atoms with Gasteiger partial charge in [-0.15, -0.1) is 5.10 Å². The van der Waals surface area contributed by atoms with E-state index < -0.39 is 11.6 Å². The standard InChI is InChI=1S/C29H34N6O2/c1-5-29(3,4)31-28(37)27(23-13-10-17-30-19-23)34(18-16-22-12-7-6-11-21(22)2)26(36)20-35-25-15-9-8-14-24(25)32-33-35/h6-15,17,19,27H,5,16,18,20H2,1-4H3,(H,31,37). The lowest BCUT2D eigenvalue weighted by molar-refractivity contribution is -0.142. The van der Waals surface area contributed by atoms with Gasteiger partial charge in [-0.2, -0.15) is 0 Å². The number of benzene rings is 2. The Hall–Kier alpha value is -4.07. The summed E-state index contributed by atoms with van der Waals surface area (Å²) in [6, 6.07) is 18.4. The van der Waals surface area contributed by atoms with Gasteiger partial charge in [0.25, 0.3) is 0 Å². The molecule has 0 bridgehead atoms. The van der Waals surface area contributed by atoms with Crippen LogP contribution < -0.4 is 5.32 Å². The van der Waals surface area contributed by atoms with Crippen molar-refractivity contribution in [1.29, 1.82) is 0 Å². The van der Waals surface area contributed by atoms with Crippen LogP contribution in [0.5, 0.6) is 0 Å². The van der Waals surface area contributed by atoms with Gasteiger partial charge >= 0.3 is 0 Å². The van der Waals surface area contributed by atoms with E-state index in [1.165, 1.54) is 0 Å². The summed E-state index contributed by atoms with van der Waals surface area (Å²) < 4.78 is 1.59. The van der Waals surface area contributed by atoms with Crippen molar-refractivity contribution in [3.63, 3.8) is 0 Å². The molecule has 192 valence electrons. The van der Waals surface area contributed by atoms with Crippen LogP contribution in [0.1, 0.15) is 49.9 Å². The lowest BCUT2D eigenvalue weighted by Gasteiger charge is -2.34. The number of fused-ring (bicyclic) bond motifs is 1. The predicted octanol–water partition coefficient (Wildman–Crippen LogP) is 4.25. The number of aromatic nitrogens is 4. The molecule has 4 rings (SSSR count). The summed E-state index contributed by atoms with van der Waals surface area (Å²) in [4.78, 5) is 33.6. The predicted molar refractivity (Wildman–Crippen MR) is 144 cm³/mol. The quantitative estimate of drug-likeness (QED) is 0.353. The van der Waals surface area contributed by atoms with Gasteiger partial charge in [-0.1, -0.05) is 54.6 Å².